The molecule has 146 valence electrons. The molecule has 0 spiro atoms. The summed E-state index contributed by atoms with van der Waals surface area (Å²) >= 11 is 0. The number of anilines is 1. The maximum Gasteiger partial charge on any atom is 0.184 e. The molecule has 1 atom stereocenters. The van der Waals surface area contributed by atoms with Gasteiger partial charge in [0.05, 0.1) is 12.6 Å². The Morgan fingerprint density at radius 2 is 1.86 bits per heavy atom. The molecule has 0 saturated carbocycles. The van der Waals surface area contributed by atoms with Gasteiger partial charge in [-0.25, -0.2) is 14.6 Å². The fraction of sp³-hybridized carbons (Fsp3) is 0.304. The second-order valence-corrected chi connectivity index (χ2v) is 7.53. The number of rotatable bonds is 5. The summed E-state index contributed by atoms with van der Waals surface area (Å²) in [5.74, 6) is 1.59. The van der Waals surface area contributed by atoms with Crippen molar-refractivity contribution < 1.29 is 0 Å². The molecule has 0 amide bonds. The lowest BCUT2D eigenvalue weighted by molar-refractivity contribution is 0.598. The summed E-state index contributed by atoms with van der Waals surface area (Å²) in [5.41, 5.74) is 5.48. The topological polar surface area (TPSA) is 68.5 Å². The molecule has 0 radical (unpaired) electrons. The highest BCUT2D eigenvalue weighted by atomic mass is 15.4. The van der Waals surface area contributed by atoms with E-state index < -0.39 is 0 Å². The first-order chi connectivity index (χ1) is 14.3. The number of benzene rings is 2. The number of hydrogen-bond donors (Lipinski definition) is 1. The monoisotopic (exact) mass is 384 g/mol. The van der Waals surface area contributed by atoms with Gasteiger partial charge in [-0.3, -0.25) is 0 Å². The van der Waals surface area contributed by atoms with Crippen molar-refractivity contribution in [2.45, 2.75) is 45.2 Å². The fourth-order valence-corrected chi connectivity index (χ4v) is 4.09. The van der Waals surface area contributed by atoms with Gasteiger partial charge in [-0.2, -0.15) is 0 Å². The predicted octanol–water partition coefficient (Wildman–Crippen LogP) is 4.32. The van der Waals surface area contributed by atoms with Crippen molar-refractivity contribution in [3.8, 4) is 0 Å². The van der Waals surface area contributed by atoms with Crippen molar-refractivity contribution in [1.29, 1.82) is 0 Å². The number of aromatic nitrogens is 5. The van der Waals surface area contributed by atoms with Crippen molar-refractivity contribution in [3.05, 3.63) is 77.1 Å². The number of aryl methyl sites for hydroxylation is 2. The van der Waals surface area contributed by atoms with E-state index in [9.17, 15) is 0 Å². The molecule has 0 fully saturated rings. The van der Waals surface area contributed by atoms with Crippen LogP contribution in [0.25, 0.3) is 11.2 Å². The number of nitrogens with zero attached hydrogens (tertiary/aromatic N) is 5. The minimum Gasteiger partial charge on any atom is -0.361 e. The zero-order chi connectivity index (χ0) is 19.6. The van der Waals surface area contributed by atoms with Crippen LogP contribution in [0.15, 0.2) is 54.6 Å². The van der Waals surface area contributed by atoms with Crippen LogP contribution in [-0.2, 0) is 19.4 Å². The molecular weight excluding hydrogens is 360 g/mol. The Morgan fingerprint density at radius 1 is 1.03 bits per heavy atom. The summed E-state index contributed by atoms with van der Waals surface area (Å²) in [6.45, 7) is 2.72. The second kappa shape index (κ2) is 7.62. The van der Waals surface area contributed by atoms with Gasteiger partial charge in [0.1, 0.15) is 5.82 Å². The van der Waals surface area contributed by atoms with E-state index in [0.717, 1.165) is 42.1 Å². The molecule has 29 heavy (non-hydrogen) atoms. The summed E-state index contributed by atoms with van der Waals surface area (Å²) in [6.07, 6.45) is 4.16. The number of hydrogen-bond acceptors (Lipinski definition) is 5. The zero-order valence-electron chi connectivity index (χ0n) is 16.5. The maximum absolute atomic E-state index is 4.77. The van der Waals surface area contributed by atoms with Gasteiger partial charge in [-0.15, -0.1) is 5.10 Å². The van der Waals surface area contributed by atoms with E-state index in [1.807, 2.05) is 22.9 Å². The summed E-state index contributed by atoms with van der Waals surface area (Å²) in [4.78, 5) is 9.50. The van der Waals surface area contributed by atoms with Gasteiger partial charge in [-0.05, 0) is 36.0 Å². The van der Waals surface area contributed by atoms with E-state index in [1.165, 1.54) is 23.1 Å². The first kappa shape index (κ1) is 17.8. The molecule has 2 heterocycles. The third-order valence-electron chi connectivity index (χ3n) is 5.58. The maximum atomic E-state index is 4.77. The standard InChI is InChI=1S/C23H24N6/c1-2-20-25-22(24-19-14-8-12-17-11-6-7-13-18(17)19)21-23(26-20)29(28-27-21)15-16-9-4-3-5-10-16/h3-7,9-11,13,19H,2,8,12,14-15H2,1H3,(H,24,25,26). The predicted molar refractivity (Wildman–Crippen MR) is 114 cm³/mol. The van der Waals surface area contributed by atoms with Crippen LogP contribution in [0, 0.1) is 0 Å². The van der Waals surface area contributed by atoms with Crippen LogP contribution in [0.2, 0.25) is 0 Å². The summed E-state index contributed by atoms with van der Waals surface area (Å²) < 4.78 is 1.87. The van der Waals surface area contributed by atoms with E-state index in [1.54, 1.807) is 0 Å². The summed E-state index contributed by atoms with van der Waals surface area (Å²) in [6, 6.07) is 19.2. The van der Waals surface area contributed by atoms with Crippen LogP contribution < -0.4 is 5.32 Å². The average molecular weight is 384 g/mol. The van der Waals surface area contributed by atoms with Crippen LogP contribution in [0.4, 0.5) is 5.82 Å². The lowest BCUT2D eigenvalue weighted by Gasteiger charge is -2.26. The molecule has 2 aromatic carbocycles. The molecule has 1 aliphatic rings. The molecule has 1 N–H and O–H groups in total. The van der Waals surface area contributed by atoms with Crippen molar-refractivity contribution in [1.82, 2.24) is 25.0 Å². The highest BCUT2D eigenvalue weighted by Crippen LogP contribution is 2.33. The molecule has 0 saturated heterocycles. The van der Waals surface area contributed by atoms with Gasteiger partial charge >= 0.3 is 0 Å². The Morgan fingerprint density at radius 3 is 2.72 bits per heavy atom. The number of fused-ring (bicyclic) bond motifs is 2. The van der Waals surface area contributed by atoms with Gasteiger partial charge in [0.25, 0.3) is 0 Å². The molecule has 2 aromatic heterocycles. The first-order valence-corrected chi connectivity index (χ1v) is 10.3. The van der Waals surface area contributed by atoms with Gasteiger partial charge in [0, 0.05) is 6.42 Å². The Labute approximate surface area is 170 Å². The fourth-order valence-electron chi connectivity index (χ4n) is 4.09. The Bertz CT molecular complexity index is 1130. The minimum absolute atomic E-state index is 0.238. The van der Waals surface area contributed by atoms with Crippen molar-refractivity contribution in [2.75, 3.05) is 5.32 Å². The smallest absolute Gasteiger partial charge is 0.184 e. The third-order valence-corrected chi connectivity index (χ3v) is 5.58. The SMILES string of the molecule is CCc1nc(NC2CCCc3ccccc32)c2nnn(Cc3ccccc3)c2n1. The largest absolute Gasteiger partial charge is 0.361 e. The second-order valence-electron chi connectivity index (χ2n) is 7.53. The zero-order valence-corrected chi connectivity index (χ0v) is 16.5. The van der Waals surface area contributed by atoms with Crippen LogP contribution in [-0.4, -0.2) is 25.0 Å². The Balaban J connectivity index is 1.53. The van der Waals surface area contributed by atoms with E-state index in [4.69, 9.17) is 9.97 Å². The lowest BCUT2D eigenvalue weighted by atomic mass is 9.88. The van der Waals surface area contributed by atoms with E-state index in [-0.39, 0.29) is 6.04 Å². The van der Waals surface area contributed by atoms with Crippen LogP contribution in [0.3, 0.4) is 0 Å². The molecule has 6 nitrogen and oxygen atoms in total. The van der Waals surface area contributed by atoms with Crippen LogP contribution in [0.5, 0.6) is 0 Å². The van der Waals surface area contributed by atoms with Gasteiger partial charge in [0.15, 0.2) is 17.0 Å². The van der Waals surface area contributed by atoms with Crippen molar-refractivity contribution in [3.63, 3.8) is 0 Å². The van der Waals surface area contributed by atoms with Gasteiger partial charge in [-0.1, -0.05) is 66.7 Å². The lowest BCUT2D eigenvalue weighted by Crippen LogP contribution is -2.18. The highest BCUT2D eigenvalue weighted by Gasteiger charge is 2.22. The third kappa shape index (κ3) is 3.46. The van der Waals surface area contributed by atoms with E-state index >= 15 is 0 Å². The van der Waals surface area contributed by atoms with Gasteiger partial charge in [0.2, 0.25) is 0 Å². The molecule has 6 heteroatoms. The quantitative estimate of drug-likeness (QED) is 0.555. The van der Waals surface area contributed by atoms with E-state index in [2.05, 4.69) is 59.0 Å². The number of nitrogens with one attached hydrogen (secondary N) is 1. The van der Waals surface area contributed by atoms with Crippen molar-refractivity contribution in [2.24, 2.45) is 0 Å². The minimum atomic E-state index is 0.238. The summed E-state index contributed by atoms with van der Waals surface area (Å²) in [7, 11) is 0. The Hall–Kier alpha value is -3.28. The van der Waals surface area contributed by atoms with Crippen LogP contribution >= 0.6 is 0 Å². The summed E-state index contributed by atoms with van der Waals surface area (Å²) in [5, 5.41) is 12.5. The molecular formula is C23H24N6. The van der Waals surface area contributed by atoms with E-state index in [0.29, 0.717) is 6.54 Å². The highest BCUT2D eigenvalue weighted by molar-refractivity contribution is 5.82. The normalized spacial score (nSPS) is 16.0. The van der Waals surface area contributed by atoms with Crippen LogP contribution in [0.1, 0.15) is 48.3 Å². The average Bonchev–Trinajstić information content (AvgIpc) is 3.17. The molecule has 0 bridgehead atoms. The van der Waals surface area contributed by atoms with Gasteiger partial charge < -0.3 is 5.32 Å². The molecule has 1 unspecified atom stereocenters. The molecule has 4 aromatic rings. The molecule has 1 aliphatic carbocycles. The Kier molecular flexibility index (Phi) is 4.68. The first-order valence-electron chi connectivity index (χ1n) is 10.3. The molecule has 5 rings (SSSR count). The van der Waals surface area contributed by atoms with Crippen molar-refractivity contribution >= 4 is 17.0 Å². The molecule has 0 aliphatic heterocycles.